The first kappa shape index (κ1) is 16.9. The topological polar surface area (TPSA) is 88.5 Å². The predicted molar refractivity (Wildman–Crippen MR) is 77.9 cm³/mol. The van der Waals surface area contributed by atoms with E-state index in [1.54, 1.807) is 19.2 Å². The van der Waals surface area contributed by atoms with Gasteiger partial charge < -0.3 is 15.2 Å². The molecule has 0 saturated carbocycles. The standard InChI is InChI=1S/C15H22N2O4/c1-10(2)21-15-12(5-4-6-16-15)9-17-13(18)7-11(3)8-14(19)20/h4-6,10-11H,7-9H2,1-3H3,(H,17,18)(H,19,20). The number of nitrogens with zero attached hydrogens (tertiary/aromatic N) is 1. The Bertz CT molecular complexity index is 488. The first-order valence-corrected chi connectivity index (χ1v) is 6.97. The molecular weight excluding hydrogens is 272 g/mol. The molecule has 2 N–H and O–H groups in total. The van der Waals surface area contributed by atoms with E-state index in [2.05, 4.69) is 10.3 Å². The number of nitrogens with one attached hydrogen (secondary N) is 1. The lowest BCUT2D eigenvalue weighted by molar-refractivity contribution is -0.138. The Kier molecular flexibility index (Phi) is 6.65. The van der Waals surface area contributed by atoms with Gasteiger partial charge in [0.25, 0.3) is 0 Å². The summed E-state index contributed by atoms with van der Waals surface area (Å²) in [6.45, 7) is 5.87. The number of ether oxygens (including phenoxy) is 1. The van der Waals surface area contributed by atoms with E-state index in [1.165, 1.54) is 0 Å². The number of carboxylic acid groups (broad SMARTS) is 1. The smallest absolute Gasteiger partial charge is 0.303 e. The van der Waals surface area contributed by atoms with Crippen LogP contribution in [0.2, 0.25) is 0 Å². The summed E-state index contributed by atoms with van der Waals surface area (Å²) in [5.74, 6) is -0.757. The van der Waals surface area contributed by atoms with Crippen LogP contribution in [-0.2, 0) is 16.1 Å². The summed E-state index contributed by atoms with van der Waals surface area (Å²) < 4.78 is 5.57. The second-order valence-electron chi connectivity index (χ2n) is 5.32. The van der Waals surface area contributed by atoms with E-state index in [1.807, 2.05) is 19.9 Å². The Hall–Kier alpha value is -2.11. The first-order valence-electron chi connectivity index (χ1n) is 6.97. The fourth-order valence-corrected chi connectivity index (χ4v) is 1.84. The van der Waals surface area contributed by atoms with Gasteiger partial charge in [-0.1, -0.05) is 13.0 Å². The van der Waals surface area contributed by atoms with Crippen LogP contribution in [0.4, 0.5) is 0 Å². The van der Waals surface area contributed by atoms with Crippen LogP contribution in [-0.4, -0.2) is 28.1 Å². The molecule has 0 aliphatic heterocycles. The zero-order valence-corrected chi connectivity index (χ0v) is 12.6. The molecule has 6 nitrogen and oxygen atoms in total. The molecule has 116 valence electrons. The van der Waals surface area contributed by atoms with Crippen molar-refractivity contribution in [3.63, 3.8) is 0 Å². The van der Waals surface area contributed by atoms with Gasteiger partial charge in [0.15, 0.2) is 0 Å². The number of hydrogen-bond donors (Lipinski definition) is 2. The van der Waals surface area contributed by atoms with Crippen LogP contribution in [0.25, 0.3) is 0 Å². The molecule has 21 heavy (non-hydrogen) atoms. The van der Waals surface area contributed by atoms with Crippen molar-refractivity contribution in [3.05, 3.63) is 23.9 Å². The number of carboxylic acids is 1. The number of aromatic nitrogens is 1. The van der Waals surface area contributed by atoms with Crippen LogP contribution in [0.15, 0.2) is 18.3 Å². The molecule has 0 aromatic carbocycles. The number of rotatable bonds is 8. The molecule has 1 amide bonds. The van der Waals surface area contributed by atoms with Crippen LogP contribution in [0.3, 0.4) is 0 Å². The van der Waals surface area contributed by atoms with Gasteiger partial charge in [-0.3, -0.25) is 9.59 Å². The summed E-state index contributed by atoms with van der Waals surface area (Å²) in [6.07, 6.45) is 1.82. The van der Waals surface area contributed by atoms with Gasteiger partial charge in [0, 0.05) is 31.1 Å². The van der Waals surface area contributed by atoms with Crippen LogP contribution < -0.4 is 10.1 Å². The minimum atomic E-state index is -0.893. The van der Waals surface area contributed by atoms with E-state index in [0.717, 1.165) is 5.56 Å². The number of carbonyl (C=O) groups is 2. The number of pyridine rings is 1. The summed E-state index contributed by atoms with van der Waals surface area (Å²) >= 11 is 0. The van der Waals surface area contributed by atoms with Gasteiger partial charge in [0.2, 0.25) is 11.8 Å². The van der Waals surface area contributed by atoms with Crippen molar-refractivity contribution in [1.82, 2.24) is 10.3 Å². The summed E-state index contributed by atoms with van der Waals surface area (Å²) in [6, 6.07) is 3.62. The Balaban J connectivity index is 2.51. The number of amides is 1. The van der Waals surface area contributed by atoms with Crippen molar-refractivity contribution in [2.45, 2.75) is 46.3 Å². The van der Waals surface area contributed by atoms with E-state index >= 15 is 0 Å². The minimum absolute atomic E-state index is 0.00457. The van der Waals surface area contributed by atoms with Gasteiger partial charge in [0.1, 0.15) is 0 Å². The number of carbonyl (C=O) groups excluding carboxylic acids is 1. The number of hydrogen-bond acceptors (Lipinski definition) is 4. The molecule has 1 atom stereocenters. The fourth-order valence-electron chi connectivity index (χ4n) is 1.84. The van der Waals surface area contributed by atoms with Gasteiger partial charge in [-0.05, 0) is 25.8 Å². The third-order valence-corrected chi connectivity index (χ3v) is 2.73. The lowest BCUT2D eigenvalue weighted by atomic mass is 10.0. The highest BCUT2D eigenvalue weighted by atomic mass is 16.5. The van der Waals surface area contributed by atoms with Gasteiger partial charge >= 0.3 is 5.97 Å². The molecule has 0 bridgehead atoms. The average molecular weight is 294 g/mol. The monoisotopic (exact) mass is 294 g/mol. The zero-order chi connectivity index (χ0) is 15.8. The summed E-state index contributed by atoms with van der Waals surface area (Å²) in [7, 11) is 0. The predicted octanol–water partition coefficient (Wildman–Crippen LogP) is 1.99. The van der Waals surface area contributed by atoms with Crippen LogP contribution in [0.1, 0.15) is 39.2 Å². The molecule has 0 aliphatic rings. The highest BCUT2D eigenvalue weighted by molar-refractivity contribution is 5.77. The van der Waals surface area contributed by atoms with Crippen molar-refractivity contribution in [1.29, 1.82) is 0 Å². The highest BCUT2D eigenvalue weighted by Gasteiger charge is 2.13. The molecule has 0 aliphatic carbocycles. The maximum absolute atomic E-state index is 11.8. The van der Waals surface area contributed by atoms with Crippen molar-refractivity contribution in [2.75, 3.05) is 0 Å². The lowest BCUT2D eigenvalue weighted by Gasteiger charge is -2.14. The Labute approximate surface area is 124 Å². The van der Waals surface area contributed by atoms with E-state index < -0.39 is 5.97 Å². The second-order valence-corrected chi connectivity index (χ2v) is 5.32. The molecule has 0 radical (unpaired) electrons. The Morgan fingerprint density at radius 2 is 2.05 bits per heavy atom. The van der Waals surface area contributed by atoms with Crippen molar-refractivity contribution in [3.8, 4) is 5.88 Å². The fraction of sp³-hybridized carbons (Fsp3) is 0.533. The molecule has 0 fully saturated rings. The van der Waals surface area contributed by atoms with Crippen LogP contribution >= 0.6 is 0 Å². The third-order valence-electron chi connectivity index (χ3n) is 2.73. The molecule has 6 heteroatoms. The molecular formula is C15H22N2O4. The summed E-state index contributed by atoms with van der Waals surface area (Å²) in [5, 5.41) is 11.4. The Morgan fingerprint density at radius 3 is 2.67 bits per heavy atom. The van der Waals surface area contributed by atoms with Crippen molar-refractivity contribution in [2.24, 2.45) is 5.92 Å². The second kappa shape index (κ2) is 8.24. The Morgan fingerprint density at radius 1 is 1.33 bits per heavy atom. The molecule has 1 aromatic heterocycles. The maximum Gasteiger partial charge on any atom is 0.303 e. The quantitative estimate of drug-likeness (QED) is 0.765. The summed E-state index contributed by atoms with van der Waals surface area (Å²) in [4.78, 5) is 26.5. The van der Waals surface area contributed by atoms with Gasteiger partial charge in [-0.15, -0.1) is 0 Å². The highest BCUT2D eigenvalue weighted by Crippen LogP contribution is 2.16. The first-order chi connectivity index (χ1) is 9.88. The van der Waals surface area contributed by atoms with Crippen LogP contribution in [0.5, 0.6) is 5.88 Å². The molecule has 0 saturated heterocycles. The molecule has 1 rings (SSSR count). The van der Waals surface area contributed by atoms with Crippen LogP contribution in [0, 0.1) is 5.92 Å². The van der Waals surface area contributed by atoms with E-state index in [4.69, 9.17) is 9.84 Å². The number of aliphatic carboxylic acids is 1. The van der Waals surface area contributed by atoms with E-state index in [0.29, 0.717) is 12.4 Å². The van der Waals surface area contributed by atoms with E-state index in [-0.39, 0.29) is 30.8 Å². The van der Waals surface area contributed by atoms with Crippen molar-refractivity contribution < 1.29 is 19.4 Å². The van der Waals surface area contributed by atoms with E-state index in [9.17, 15) is 9.59 Å². The molecule has 1 unspecified atom stereocenters. The largest absolute Gasteiger partial charge is 0.481 e. The maximum atomic E-state index is 11.8. The summed E-state index contributed by atoms with van der Waals surface area (Å²) in [5.41, 5.74) is 0.797. The normalized spacial score (nSPS) is 12.0. The minimum Gasteiger partial charge on any atom is -0.481 e. The molecule has 1 aromatic rings. The zero-order valence-electron chi connectivity index (χ0n) is 12.6. The van der Waals surface area contributed by atoms with Gasteiger partial charge in [0.05, 0.1) is 6.10 Å². The SMILES string of the molecule is CC(CC(=O)O)CC(=O)NCc1cccnc1OC(C)C. The molecule has 0 spiro atoms. The average Bonchev–Trinajstić information content (AvgIpc) is 2.35. The van der Waals surface area contributed by atoms with Gasteiger partial charge in [-0.2, -0.15) is 0 Å². The van der Waals surface area contributed by atoms with Gasteiger partial charge in [-0.25, -0.2) is 4.98 Å². The molecule has 1 heterocycles. The lowest BCUT2D eigenvalue weighted by Crippen LogP contribution is -2.25. The third kappa shape index (κ3) is 6.74. The van der Waals surface area contributed by atoms with Crippen molar-refractivity contribution >= 4 is 11.9 Å².